The molecule has 6 nitrogen and oxygen atoms in total. The number of carbonyl (C=O) groups is 3. The minimum Gasteiger partial charge on any atom is -0.481 e. The molecule has 0 aromatic heterocycles. The minimum atomic E-state index is -1.15. The quantitative estimate of drug-likeness (QED) is 0.376. The van der Waals surface area contributed by atoms with Crippen LogP contribution in [0.3, 0.4) is 0 Å². The van der Waals surface area contributed by atoms with E-state index in [1.54, 1.807) is 6.92 Å². The molecule has 0 fully saturated rings. The van der Waals surface area contributed by atoms with Gasteiger partial charge in [0.25, 0.3) is 0 Å². The number of carboxylic acid groups (broad SMARTS) is 2. The van der Waals surface area contributed by atoms with Crippen LogP contribution >= 0.6 is 0 Å². The van der Waals surface area contributed by atoms with E-state index in [4.69, 9.17) is 14.9 Å². The Morgan fingerprint density at radius 2 is 1.94 bits per heavy atom. The lowest BCUT2D eigenvalue weighted by Crippen LogP contribution is -2.18. The van der Waals surface area contributed by atoms with Gasteiger partial charge in [0.05, 0.1) is 18.9 Å². The predicted molar refractivity (Wildman–Crippen MR) is 58.4 cm³/mol. The van der Waals surface area contributed by atoms with E-state index in [0.29, 0.717) is 6.42 Å². The maximum absolute atomic E-state index is 10.9. The molecule has 0 aliphatic carbocycles. The fraction of sp³-hybridized carbons (Fsp3) is 0.545. The third-order valence-corrected chi connectivity index (χ3v) is 2.01. The lowest BCUT2D eigenvalue weighted by molar-refractivity contribution is -0.148. The molecule has 0 heterocycles. The number of carboxylic acids is 2. The number of hydrogen-bond acceptors (Lipinski definition) is 4. The first-order valence-corrected chi connectivity index (χ1v) is 5.21. The van der Waals surface area contributed by atoms with Crippen molar-refractivity contribution in [2.45, 2.75) is 26.2 Å². The van der Waals surface area contributed by atoms with Gasteiger partial charge in [0.15, 0.2) is 0 Å². The van der Waals surface area contributed by atoms with E-state index in [2.05, 4.69) is 0 Å². The van der Waals surface area contributed by atoms with E-state index in [1.165, 1.54) is 12.2 Å². The number of allylic oxidation sites excluding steroid dienone is 1. The Morgan fingerprint density at radius 3 is 2.41 bits per heavy atom. The molecule has 6 heteroatoms. The second-order valence-corrected chi connectivity index (χ2v) is 3.44. The van der Waals surface area contributed by atoms with Crippen molar-refractivity contribution >= 4 is 17.9 Å². The summed E-state index contributed by atoms with van der Waals surface area (Å²) in [7, 11) is 0. The lowest BCUT2D eigenvalue weighted by Gasteiger charge is -2.09. The Bertz CT molecular complexity index is 307. The van der Waals surface area contributed by atoms with Crippen molar-refractivity contribution in [3.8, 4) is 0 Å². The predicted octanol–water partition coefficient (Wildman–Crippen LogP) is 1.06. The molecule has 0 spiro atoms. The van der Waals surface area contributed by atoms with Crippen LogP contribution in [0.2, 0.25) is 0 Å². The Kier molecular flexibility index (Phi) is 7.41. The Hall–Kier alpha value is -1.85. The molecule has 0 aromatic carbocycles. The molecule has 1 atom stereocenters. The van der Waals surface area contributed by atoms with Crippen LogP contribution in [-0.2, 0) is 19.1 Å². The van der Waals surface area contributed by atoms with Gasteiger partial charge >= 0.3 is 17.9 Å². The zero-order valence-electron chi connectivity index (χ0n) is 9.59. The van der Waals surface area contributed by atoms with Gasteiger partial charge in [-0.2, -0.15) is 0 Å². The molecule has 0 aliphatic rings. The number of ether oxygens (including phenoxy) is 1. The largest absolute Gasteiger partial charge is 0.481 e. The van der Waals surface area contributed by atoms with E-state index in [1.807, 2.05) is 0 Å². The van der Waals surface area contributed by atoms with Gasteiger partial charge in [0.1, 0.15) is 0 Å². The van der Waals surface area contributed by atoms with Gasteiger partial charge in [0.2, 0.25) is 0 Å². The molecule has 0 aliphatic heterocycles. The first-order chi connectivity index (χ1) is 7.97. The molecular weight excluding hydrogens is 228 g/mol. The summed E-state index contributed by atoms with van der Waals surface area (Å²) < 4.78 is 4.75. The second kappa shape index (κ2) is 8.32. The van der Waals surface area contributed by atoms with Crippen molar-refractivity contribution in [2.75, 3.05) is 6.61 Å². The average molecular weight is 244 g/mol. The zero-order chi connectivity index (χ0) is 13.3. The Labute approximate surface area is 98.9 Å². The summed E-state index contributed by atoms with van der Waals surface area (Å²) in [5.41, 5.74) is 0. The van der Waals surface area contributed by atoms with Gasteiger partial charge in [-0.25, -0.2) is 4.79 Å². The van der Waals surface area contributed by atoms with E-state index >= 15 is 0 Å². The molecular formula is C11H16O6. The van der Waals surface area contributed by atoms with E-state index in [-0.39, 0.29) is 13.0 Å². The van der Waals surface area contributed by atoms with Crippen LogP contribution in [0.25, 0.3) is 0 Å². The minimum absolute atomic E-state index is 0.0899. The van der Waals surface area contributed by atoms with Gasteiger partial charge in [-0.3, -0.25) is 9.59 Å². The summed E-state index contributed by atoms with van der Waals surface area (Å²) in [6, 6.07) is 0. The van der Waals surface area contributed by atoms with Crippen LogP contribution in [0, 0.1) is 5.92 Å². The monoisotopic (exact) mass is 244 g/mol. The van der Waals surface area contributed by atoms with Gasteiger partial charge in [0, 0.05) is 6.08 Å². The highest BCUT2D eigenvalue weighted by Crippen LogP contribution is 2.11. The van der Waals surface area contributed by atoms with Gasteiger partial charge in [-0.05, 0) is 19.8 Å². The third-order valence-electron chi connectivity index (χ3n) is 2.01. The van der Waals surface area contributed by atoms with Crippen LogP contribution in [0.15, 0.2) is 12.2 Å². The van der Waals surface area contributed by atoms with Crippen molar-refractivity contribution in [2.24, 2.45) is 5.92 Å². The first kappa shape index (κ1) is 15.2. The number of aliphatic carboxylic acids is 2. The van der Waals surface area contributed by atoms with Crippen LogP contribution in [0.1, 0.15) is 26.2 Å². The smallest absolute Gasteiger partial charge is 0.330 e. The maximum Gasteiger partial charge on any atom is 0.330 e. The summed E-state index contributed by atoms with van der Waals surface area (Å²) in [4.78, 5) is 31.9. The van der Waals surface area contributed by atoms with Crippen LogP contribution in [0.4, 0.5) is 0 Å². The molecule has 1 unspecified atom stereocenters. The molecule has 2 N–H and O–H groups in total. The second-order valence-electron chi connectivity index (χ2n) is 3.44. The molecule has 17 heavy (non-hydrogen) atoms. The van der Waals surface area contributed by atoms with Gasteiger partial charge in [-0.1, -0.05) is 6.08 Å². The van der Waals surface area contributed by atoms with Crippen LogP contribution in [-0.4, -0.2) is 34.7 Å². The van der Waals surface area contributed by atoms with Crippen molar-refractivity contribution in [1.29, 1.82) is 0 Å². The number of rotatable bonds is 8. The molecule has 0 saturated heterocycles. The van der Waals surface area contributed by atoms with Gasteiger partial charge in [-0.15, -0.1) is 0 Å². The summed E-state index contributed by atoms with van der Waals surface area (Å²) >= 11 is 0. The molecule has 0 rings (SSSR count). The summed E-state index contributed by atoms with van der Waals surface area (Å²) in [6.07, 6.45) is 2.87. The molecule has 0 bridgehead atoms. The van der Waals surface area contributed by atoms with Crippen LogP contribution in [0.5, 0.6) is 0 Å². The van der Waals surface area contributed by atoms with Gasteiger partial charge < -0.3 is 14.9 Å². The lowest BCUT2D eigenvalue weighted by atomic mass is 10.00. The zero-order valence-corrected chi connectivity index (χ0v) is 9.59. The Balaban J connectivity index is 3.87. The number of hydrogen-bond donors (Lipinski definition) is 2. The van der Waals surface area contributed by atoms with E-state index in [9.17, 15) is 14.4 Å². The average Bonchev–Trinajstić information content (AvgIpc) is 2.22. The van der Waals surface area contributed by atoms with Crippen molar-refractivity contribution in [1.82, 2.24) is 0 Å². The SMILES string of the molecule is CC=CC(=O)OCCCC(CC(=O)O)C(=O)O. The van der Waals surface area contributed by atoms with Crippen molar-refractivity contribution in [3.05, 3.63) is 12.2 Å². The maximum atomic E-state index is 10.9. The molecule has 0 aromatic rings. The topological polar surface area (TPSA) is 101 Å². The van der Waals surface area contributed by atoms with E-state index < -0.39 is 30.2 Å². The Morgan fingerprint density at radius 1 is 1.29 bits per heavy atom. The third kappa shape index (κ3) is 8.01. The molecule has 96 valence electrons. The fourth-order valence-corrected chi connectivity index (χ4v) is 1.21. The summed E-state index contributed by atoms with van der Waals surface area (Å²) in [5, 5.41) is 17.2. The number of esters is 1. The molecule has 0 radical (unpaired) electrons. The number of carbonyl (C=O) groups excluding carboxylic acids is 1. The summed E-state index contributed by atoms with van der Waals surface area (Å²) in [5.74, 6) is -3.72. The highest BCUT2D eigenvalue weighted by Gasteiger charge is 2.20. The summed E-state index contributed by atoms with van der Waals surface area (Å²) in [6.45, 7) is 1.77. The first-order valence-electron chi connectivity index (χ1n) is 5.21. The standard InChI is InChI=1S/C11H16O6/c1-2-4-10(14)17-6-3-5-8(11(15)16)7-9(12)13/h2,4,8H,3,5-7H2,1H3,(H,12,13)(H,15,16). The van der Waals surface area contributed by atoms with Crippen LogP contribution < -0.4 is 0 Å². The highest BCUT2D eigenvalue weighted by molar-refractivity contribution is 5.81. The van der Waals surface area contributed by atoms with E-state index in [0.717, 1.165) is 0 Å². The molecule has 0 amide bonds. The van der Waals surface area contributed by atoms with Crippen molar-refractivity contribution < 1.29 is 29.3 Å². The normalized spacial score (nSPS) is 12.3. The fourth-order valence-electron chi connectivity index (χ4n) is 1.21. The molecule has 0 saturated carbocycles. The highest BCUT2D eigenvalue weighted by atomic mass is 16.5. The van der Waals surface area contributed by atoms with Crippen molar-refractivity contribution in [3.63, 3.8) is 0 Å².